The van der Waals surface area contributed by atoms with Crippen LogP contribution in [0.3, 0.4) is 0 Å². The maximum atomic E-state index is 12.6. The Kier molecular flexibility index (Phi) is 5.25. The minimum atomic E-state index is -0.469. The Balaban J connectivity index is 1.56. The molecule has 31 heavy (non-hydrogen) atoms. The molecule has 7 nitrogen and oxygen atoms in total. The Morgan fingerprint density at radius 3 is 2.45 bits per heavy atom. The zero-order valence-electron chi connectivity index (χ0n) is 17.4. The lowest BCUT2D eigenvalue weighted by Gasteiger charge is -2.06. The molecular weight excluding hydrogens is 394 g/mol. The van der Waals surface area contributed by atoms with E-state index in [9.17, 15) is 14.9 Å². The van der Waals surface area contributed by atoms with Crippen molar-refractivity contribution in [1.29, 1.82) is 0 Å². The molecule has 4 rings (SSSR count). The second-order valence-electron chi connectivity index (χ2n) is 7.69. The Morgan fingerprint density at radius 2 is 1.81 bits per heavy atom. The number of nitrogens with zero attached hydrogens (tertiary/aromatic N) is 2. The number of hydrogen-bond donors (Lipinski definition) is 1. The van der Waals surface area contributed by atoms with E-state index in [2.05, 4.69) is 36.3 Å². The van der Waals surface area contributed by atoms with Crippen LogP contribution in [0.2, 0.25) is 0 Å². The lowest BCUT2D eigenvalue weighted by atomic mass is 10.0. The average Bonchev–Trinajstić information content (AvgIpc) is 3.17. The maximum absolute atomic E-state index is 12.6. The molecule has 0 unspecified atom stereocenters. The number of rotatable bonds is 5. The Labute approximate surface area is 178 Å². The average molecular weight is 415 g/mol. The van der Waals surface area contributed by atoms with Crippen molar-refractivity contribution in [2.75, 3.05) is 5.32 Å². The van der Waals surface area contributed by atoms with E-state index in [0.717, 1.165) is 5.56 Å². The van der Waals surface area contributed by atoms with E-state index in [0.29, 0.717) is 39.7 Å². The number of carbonyl (C=O) groups excluding carboxylic acids is 1. The quantitative estimate of drug-likeness (QED) is 0.314. The number of hydrogen-bond acceptors (Lipinski definition) is 5. The van der Waals surface area contributed by atoms with E-state index in [1.165, 1.54) is 23.8 Å². The van der Waals surface area contributed by atoms with Gasteiger partial charge in [0.1, 0.15) is 5.52 Å². The number of nitro benzene ring substituents is 1. The van der Waals surface area contributed by atoms with Gasteiger partial charge in [-0.3, -0.25) is 14.9 Å². The number of benzene rings is 3. The van der Waals surface area contributed by atoms with Crippen LogP contribution in [0.4, 0.5) is 11.4 Å². The molecule has 0 radical (unpaired) electrons. The van der Waals surface area contributed by atoms with Crippen molar-refractivity contribution in [3.05, 3.63) is 87.5 Å². The third-order valence-electron chi connectivity index (χ3n) is 5.13. The molecule has 1 aromatic heterocycles. The van der Waals surface area contributed by atoms with Crippen LogP contribution in [0, 0.1) is 17.0 Å². The van der Waals surface area contributed by atoms with Crippen LogP contribution in [0.5, 0.6) is 0 Å². The molecule has 0 bridgehead atoms. The summed E-state index contributed by atoms with van der Waals surface area (Å²) in [7, 11) is 0. The predicted octanol–water partition coefficient (Wildman–Crippen LogP) is 6.09. The highest BCUT2D eigenvalue weighted by molar-refractivity contribution is 6.05. The summed E-state index contributed by atoms with van der Waals surface area (Å²) in [6, 6.07) is 17.6. The maximum Gasteiger partial charge on any atom is 0.272 e. The highest BCUT2D eigenvalue weighted by atomic mass is 16.6. The summed E-state index contributed by atoms with van der Waals surface area (Å²) in [4.78, 5) is 27.6. The van der Waals surface area contributed by atoms with Crippen molar-refractivity contribution in [3.8, 4) is 11.5 Å². The van der Waals surface area contributed by atoms with Crippen molar-refractivity contribution in [2.24, 2.45) is 0 Å². The monoisotopic (exact) mass is 415 g/mol. The lowest BCUT2D eigenvalue weighted by molar-refractivity contribution is -0.385. The lowest BCUT2D eigenvalue weighted by Crippen LogP contribution is -2.12. The fourth-order valence-electron chi connectivity index (χ4n) is 3.34. The molecule has 1 N–H and O–H groups in total. The smallest absolute Gasteiger partial charge is 0.272 e. The van der Waals surface area contributed by atoms with Gasteiger partial charge in [-0.2, -0.15) is 0 Å². The van der Waals surface area contributed by atoms with Gasteiger partial charge >= 0.3 is 0 Å². The van der Waals surface area contributed by atoms with Crippen molar-refractivity contribution in [1.82, 2.24) is 4.98 Å². The third kappa shape index (κ3) is 4.16. The van der Waals surface area contributed by atoms with E-state index >= 15 is 0 Å². The van der Waals surface area contributed by atoms with Gasteiger partial charge in [0, 0.05) is 28.4 Å². The second-order valence-corrected chi connectivity index (χ2v) is 7.69. The Bertz CT molecular complexity index is 1290. The molecule has 0 aliphatic carbocycles. The van der Waals surface area contributed by atoms with E-state index in [4.69, 9.17) is 4.42 Å². The van der Waals surface area contributed by atoms with Gasteiger partial charge in [-0.05, 0) is 60.9 Å². The first-order valence-electron chi connectivity index (χ1n) is 9.89. The summed E-state index contributed by atoms with van der Waals surface area (Å²) in [5.74, 6) is 0.605. The molecule has 0 spiro atoms. The summed E-state index contributed by atoms with van der Waals surface area (Å²) >= 11 is 0. The molecule has 0 saturated carbocycles. The first kappa shape index (κ1) is 20.3. The zero-order chi connectivity index (χ0) is 22.1. The van der Waals surface area contributed by atoms with E-state index in [1.807, 2.05) is 12.1 Å². The summed E-state index contributed by atoms with van der Waals surface area (Å²) in [6.07, 6.45) is 0. The summed E-state index contributed by atoms with van der Waals surface area (Å²) in [5.41, 5.74) is 4.68. The van der Waals surface area contributed by atoms with Crippen LogP contribution in [0.25, 0.3) is 22.6 Å². The number of aromatic nitrogens is 1. The molecule has 0 fully saturated rings. The molecule has 7 heteroatoms. The van der Waals surface area contributed by atoms with Crippen molar-refractivity contribution in [2.45, 2.75) is 26.7 Å². The highest BCUT2D eigenvalue weighted by Gasteiger charge is 2.15. The van der Waals surface area contributed by atoms with Crippen LogP contribution in [0.15, 0.2) is 65.1 Å². The van der Waals surface area contributed by atoms with Crippen molar-refractivity contribution < 1.29 is 14.1 Å². The first-order chi connectivity index (χ1) is 14.8. The van der Waals surface area contributed by atoms with Crippen LogP contribution in [-0.2, 0) is 0 Å². The third-order valence-corrected chi connectivity index (χ3v) is 5.13. The number of nitrogens with one attached hydrogen (secondary N) is 1. The van der Waals surface area contributed by atoms with Crippen molar-refractivity contribution >= 4 is 28.4 Å². The second kappa shape index (κ2) is 8.02. The Morgan fingerprint density at radius 1 is 1.06 bits per heavy atom. The molecule has 4 aromatic rings. The van der Waals surface area contributed by atoms with Gasteiger partial charge in [0.2, 0.25) is 5.89 Å². The minimum Gasteiger partial charge on any atom is -0.436 e. The summed E-state index contributed by atoms with van der Waals surface area (Å²) < 4.78 is 5.86. The van der Waals surface area contributed by atoms with Gasteiger partial charge in [0.15, 0.2) is 5.58 Å². The molecule has 0 aliphatic rings. The normalized spacial score (nSPS) is 11.1. The molecule has 1 amide bonds. The fourth-order valence-corrected chi connectivity index (χ4v) is 3.34. The zero-order valence-corrected chi connectivity index (χ0v) is 17.4. The molecule has 3 aromatic carbocycles. The van der Waals surface area contributed by atoms with Crippen LogP contribution in [-0.4, -0.2) is 15.8 Å². The van der Waals surface area contributed by atoms with E-state index in [1.54, 1.807) is 25.1 Å². The molecule has 0 atom stereocenters. The number of nitro groups is 1. The number of anilines is 1. The molecule has 0 aliphatic heterocycles. The Hall–Kier alpha value is -4.00. The van der Waals surface area contributed by atoms with Gasteiger partial charge in [-0.15, -0.1) is 0 Å². The standard InChI is InChI=1S/C24H21N3O4/c1-14(2)16-4-6-17(7-5-16)24-26-20-13-19(9-11-22(20)31-24)25-23(28)18-8-10-21(27(29)30)15(3)12-18/h4-14H,1-3H3,(H,25,28). The van der Waals surface area contributed by atoms with Crippen LogP contribution >= 0.6 is 0 Å². The topological polar surface area (TPSA) is 98.3 Å². The molecular formula is C24H21N3O4. The van der Waals surface area contributed by atoms with Crippen LogP contribution < -0.4 is 5.32 Å². The molecule has 0 saturated heterocycles. The number of amides is 1. The SMILES string of the molecule is Cc1cc(C(=O)Nc2ccc3oc(-c4ccc(C(C)C)cc4)nc3c2)ccc1[N+](=O)[O-]. The predicted molar refractivity (Wildman–Crippen MR) is 119 cm³/mol. The van der Waals surface area contributed by atoms with E-state index in [-0.39, 0.29) is 11.6 Å². The van der Waals surface area contributed by atoms with E-state index < -0.39 is 4.92 Å². The molecule has 156 valence electrons. The van der Waals surface area contributed by atoms with Gasteiger partial charge in [0.05, 0.1) is 4.92 Å². The van der Waals surface area contributed by atoms with Gasteiger partial charge < -0.3 is 9.73 Å². The highest BCUT2D eigenvalue weighted by Crippen LogP contribution is 2.28. The summed E-state index contributed by atoms with van der Waals surface area (Å²) in [5, 5.41) is 13.8. The number of carbonyl (C=O) groups is 1. The molecule has 1 heterocycles. The van der Waals surface area contributed by atoms with Gasteiger partial charge in [0.25, 0.3) is 11.6 Å². The van der Waals surface area contributed by atoms with Gasteiger partial charge in [-0.25, -0.2) is 4.98 Å². The minimum absolute atomic E-state index is 0.0190. The number of oxazole rings is 1. The fraction of sp³-hybridized carbons (Fsp3) is 0.167. The summed E-state index contributed by atoms with van der Waals surface area (Å²) in [6.45, 7) is 5.89. The van der Waals surface area contributed by atoms with Crippen LogP contribution in [0.1, 0.15) is 41.3 Å². The van der Waals surface area contributed by atoms with Crippen molar-refractivity contribution in [3.63, 3.8) is 0 Å². The number of aryl methyl sites for hydroxylation is 1. The number of fused-ring (bicyclic) bond motifs is 1. The first-order valence-corrected chi connectivity index (χ1v) is 9.89. The van der Waals surface area contributed by atoms with Gasteiger partial charge in [-0.1, -0.05) is 26.0 Å². The largest absolute Gasteiger partial charge is 0.436 e.